The number of fused-ring (bicyclic) bond motifs is 1. The van der Waals surface area contributed by atoms with Crippen molar-refractivity contribution in [3.8, 4) is 5.75 Å². The maximum atomic E-state index is 13.7. The Bertz CT molecular complexity index is 1200. The third-order valence-electron chi connectivity index (χ3n) is 5.29. The smallest absolute Gasteiger partial charge is 0.340 e. The van der Waals surface area contributed by atoms with Gasteiger partial charge in [-0.05, 0) is 37.1 Å². The van der Waals surface area contributed by atoms with Crippen LogP contribution in [0, 0.1) is 6.92 Å². The van der Waals surface area contributed by atoms with Gasteiger partial charge in [0.25, 0.3) is 5.56 Å². The summed E-state index contributed by atoms with van der Waals surface area (Å²) in [5, 5.41) is 0. The molecule has 0 amide bonds. The lowest BCUT2D eigenvalue weighted by Gasteiger charge is -2.29. The number of aryl methyl sites for hydroxylation is 1. The van der Waals surface area contributed by atoms with Gasteiger partial charge in [-0.1, -0.05) is 30.3 Å². The van der Waals surface area contributed by atoms with Gasteiger partial charge in [-0.3, -0.25) is 9.78 Å². The molecule has 1 aliphatic rings. The van der Waals surface area contributed by atoms with E-state index < -0.39 is 11.9 Å². The summed E-state index contributed by atoms with van der Waals surface area (Å²) in [4.78, 5) is 30.6. The van der Waals surface area contributed by atoms with Crippen molar-refractivity contribution in [2.45, 2.75) is 26.3 Å². The van der Waals surface area contributed by atoms with E-state index in [0.717, 1.165) is 11.3 Å². The van der Waals surface area contributed by atoms with Gasteiger partial charge in [-0.25, -0.2) is 4.79 Å². The molecule has 7 heteroatoms. The summed E-state index contributed by atoms with van der Waals surface area (Å²) in [5.41, 5.74) is 8.80. The minimum atomic E-state index is -0.721. The van der Waals surface area contributed by atoms with Gasteiger partial charge in [0.2, 0.25) is 5.88 Å². The minimum absolute atomic E-state index is 0.0626. The minimum Gasteiger partial charge on any atom is -0.462 e. The van der Waals surface area contributed by atoms with Crippen LogP contribution in [0.3, 0.4) is 0 Å². The first-order chi connectivity index (χ1) is 15.0. The van der Waals surface area contributed by atoms with Gasteiger partial charge >= 0.3 is 5.97 Å². The Labute approximate surface area is 179 Å². The van der Waals surface area contributed by atoms with E-state index in [9.17, 15) is 9.59 Å². The zero-order chi connectivity index (χ0) is 22.0. The fourth-order valence-electron chi connectivity index (χ4n) is 3.85. The summed E-state index contributed by atoms with van der Waals surface area (Å²) in [6, 6.07) is 15.0. The summed E-state index contributed by atoms with van der Waals surface area (Å²) < 4.78 is 12.7. The summed E-state index contributed by atoms with van der Waals surface area (Å²) in [6.45, 7) is 4.13. The van der Waals surface area contributed by atoms with Crippen LogP contribution in [0.2, 0.25) is 0 Å². The zero-order valence-electron chi connectivity index (χ0n) is 17.4. The molecular formula is C24H23N3O4. The second kappa shape index (κ2) is 8.47. The van der Waals surface area contributed by atoms with Crippen molar-refractivity contribution in [1.82, 2.24) is 9.55 Å². The average Bonchev–Trinajstić information content (AvgIpc) is 2.77. The van der Waals surface area contributed by atoms with Crippen molar-refractivity contribution in [2.24, 2.45) is 5.73 Å². The Hall–Kier alpha value is -3.87. The number of esters is 1. The Morgan fingerprint density at radius 3 is 2.58 bits per heavy atom. The van der Waals surface area contributed by atoms with E-state index in [2.05, 4.69) is 4.98 Å². The molecule has 1 aromatic carbocycles. The molecule has 0 saturated heterocycles. The molecule has 3 aromatic rings. The molecule has 0 saturated carbocycles. The number of nitrogens with two attached hydrogens (primary N) is 1. The topological polar surface area (TPSA) is 96.4 Å². The SMILES string of the molecule is CCOC(=O)C1=C(N)Oc2cc(C)n(Cc3ccccc3)c(=O)c2C1c1ccncc1. The predicted molar refractivity (Wildman–Crippen MR) is 116 cm³/mol. The van der Waals surface area contributed by atoms with Crippen molar-refractivity contribution in [3.63, 3.8) is 0 Å². The molecule has 2 N–H and O–H groups in total. The van der Waals surface area contributed by atoms with Crippen LogP contribution in [0.4, 0.5) is 0 Å². The van der Waals surface area contributed by atoms with Crippen molar-refractivity contribution in [2.75, 3.05) is 6.61 Å². The number of rotatable bonds is 5. The fraction of sp³-hybridized carbons (Fsp3) is 0.208. The zero-order valence-corrected chi connectivity index (χ0v) is 17.4. The van der Waals surface area contributed by atoms with Gasteiger partial charge in [0.05, 0.1) is 24.6 Å². The van der Waals surface area contributed by atoms with Gasteiger partial charge in [0.15, 0.2) is 0 Å². The van der Waals surface area contributed by atoms with E-state index in [-0.39, 0.29) is 23.6 Å². The van der Waals surface area contributed by atoms with E-state index in [1.165, 1.54) is 0 Å². The standard InChI is InChI=1S/C24H23N3O4/c1-3-30-24(29)21-19(17-9-11-26-12-10-17)20-18(31-22(21)25)13-15(2)27(23(20)28)14-16-7-5-4-6-8-16/h4-13,19H,3,14,25H2,1-2H3. The first kappa shape index (κ1) is 20.4. The number of hydrogen-bond donors (Lipinski definition) is 1. The van der Waals surface area contributed by atoms with E-state index in [4.69, 9.17) is 15.2 Å². The Morgan fingerprint density at radius 2 is 1.90 bits per heavy atom. The molecule has 1 unspecified atom stereocenters. The molecule has 2 aromatic heterocycles. The number of nitrogens with zero attached hydrogens (tertiary/aromatic N) is 2. The van der Waals surface area contributed by atoms with Gasteiger partial charge < -0.3 is 19.8 Å². The summed E-state index contributed by atoms with van der Waals surface area (Å²) >= 11 is 0. The number of carbonyl (C=O) groups is 1. The maximum absolute atomic E-state index is 13.7. The normalized spacial score (nSPS) is 15.2. The van der Waals surface area contributed by atoms with Gasteiger partial charge in [0, 0.05) is 24.2 Å². The van der Waals surface area contributed by atoms with Crippen molar-refractivity contribution in [3.05, 3.63) is 105 Å². The van der Waals surface area contributed by atoms with Gasteiger partial charge in [-0.2, -0.15) is 0 Å². The van der Waals surface area contributed by atoms with Crippen LogP contribution in [-0.2, 0) is 16.1 Å². The van der Waals surface area contributed by atoms with Crippen LogP contribution >= 0.6 is 0 Å². The van der Waals surface area contributed by atoms with Crippen molar-refractivity contribution >= 4 is 5.97 Å². The highest BCUT2D eigenvalue weighted by Crippen LogP contribution is 2.41. The lowest BCUT2D eigenvalue weighted by atomic mass is 9.83. The molecule has 1 aliphatic heterocycles. The van der Waals surface area contributed by atoms with Crippen LogP contribution in [0.1, 0.15) is 35.2 Å². The summed E-state index contributed by atoms with van der Waals surface area (Å²) in [6.07, 6.45) is 3.22. The van der Waals surface area contributed by atoms with Crippen LogP contribution < -0.4 is 16.0 Å². The first-order valence-corrected chi connectivity index (χ1v) is 10.0. The molecule has 1 atom stereocenters. The van der Waals surface area contributed by atoms with E-state index in [1.54, 1.807) is 42.1 Å². The Morgan fingerprint density at radius 1 is 1.19 bits per heavy atom. The second-order valence-electron chi connectivity index (χ2n) is 7.25. The summed E-state index contributed by atoms with van der Waals surface area (Å²) in [7, 11) is 0. The molecular weight excluding hydrogens is 394 g/mol. The Balaban J connectivity index is 1.92. The molecule has 0 aliphatic carbocycles. The maximum Gasteiger partial charge on any atom is 0.340 e. The van der Waals surface area contributed by atoms with Crippen molar-refractivity contribution < 1.29 is 14.3 Å². The first-order valence-electron chi connectivity index (χ1n) is 10.0. The third kappa shape index (κ3) is 3.82. The average molecular weight is 417 g/mol. The van der Waals surface area contributed by atoms with E-state index in [1.807, 2.05) is 37.3 Å². The number of aromatic nitrogens is 2. The monoisotopic (exact) mass is 417 g/mol. The van der Waals surface area contributed by atoms with Gasteiger partial charge in [0.1, 0.15) is 11.3 Å². The number of ether oxygens (including phenoxy) is 2. The Kier molecular flexibility index (Phi) is 5.58. The predicted octanol–water partition coefficient (Wildman–Crippen LogP) is 2.86. The molecule has 7 nitrogen and oxygen atoms in total. The third-order valence-corrected chi connectivity index (χ3v) is 5.29. The molecule has 0 spiro atoms. The van der Waals surface area contributed by atoms with Crippen LogP contribution in [0.15, 0.2) is 77.2 Å². The van der Waals surface area contributed by atoms with Crippen LogP contribution in [-0.4, -0.2) is 22.1 Å². The quantitative estimate of drug-likeness (QED) is 0.642. The lowest BCUT2D eigenvalue weighted by molar-refractivity contribution is -0.139. The summed E-state index contributed by atoms with van der Waals surface area (Å²) in [5.74, 6) is -1.05. The number of hydrogen-bond acceptors (Lipinski definition) is 6. The molecule has 0 bridgehead atoms. The highest BCUT2D eigenvalue weighted by molar-refractivity contribution is 5.92. The van der Waals surface area contributed by atoms with Crippen LogP contribution in [0.25, 0.3) is 0 Å². The number of carbonyl (C=O) groups excluding carboxylic acids is 1. The lowest BCUT2D eigenvalue weighted by Crippen LogP contribution is -2.35. The van der Waals surface area contributed by atoms with E-state index >= 15 is 0 Å². The van der Waals surface area contributed by atoms with E-state index in [0.29, 0.717) is 23.4 Å². The van der Waals surface area contributed by atoms with Gasteiger partial charge in [-0.15, -0.1) is 0 Å². The number of benzene rings is 1. The molecule has 0 fully saturated rings. The van der Waals surface area contributed by atoms with Crippen LogP contribution in [0.5, 0.6) is 5.75 Å². The molecule has 3 heterocycles. The molecule has 158 valence electrons. The highest BCUT2D eigenvalue weighted by Gasteiger charge is 2.38. The fourth-order valence-corrected chi connectivity index (χ4v) is 3.85. The molecule has 0 radical (unpaired) electrons. The number of pyridine rings is 2. The molecule has 4 rings (SSSR count). The largest absolute Gasteiger partial charge is 0.462 e. The van der Waals surface area contributed by atoms with Crippen molar-refractivity contribution in [1.29, 1.82) is 0 Å². The molecule has 31 heavy (non-hydrogen) atoms. The highest BCUT2D eigenvalue weighted by atomic mass is 16.5. The second-order valence-corrected chi connectivity index (χ2v) is 7.25.